The number of hydrogen-bond acceptors (Lipinski definition) is 1. The minimum absolute atomic E-state index is 0.477. The van der Waals surface area contributed by atoms with Gasteiger partial charge in [-0.2, -0.15) is 0 Å². The van der Waals surface area contributed by atoms with E-state index in [4.69, 9.17) is 0 Å². The molecule has 1 aromatic rings. The van der Waals surface area contributed by atoms with E-state index in [1.54, 1.807) is 12.1 Å². The fourth-order valence-corrected chi connectivity index (χ4v) is 1.23. The molecule has 0 radical (unpaired) electrons. The normalized spacial score (nSPS) is 10.1. The number of thiol groups is 1. The summed E-state index contributed by atoms with van der Waals surface area (Å²) in [7, 11) is 0. The highest BCUT2D eigenvalue weighted by atomic mass is 32.1. The molecule has 0 saturated carbocycles. The van der Waals surface area contributed by atoms with Crippen molar-refractivity contribution >= 4 is 12.6 Å². The van der Waals surface area contributed by atoms with Crippen LogP contribution in [-0.4, -0.2) is 0 Å². The van der Waals surface area contributed by atoms with Gasteiger partial charge in [-0.3, -0.25) is 0 Å². The molecular formula is C8H8F2S. The molecular weight excluding hydrogens is 166 g/mol. The molecule has 0 bridgehead atoms. The fraction of sp³-hybridized carbons (Fsp3) is 0.250. The summed E-state index contributed by atoms with van der Waals surface area (Å²) in [5, 5.41) is 0. The van der Waals surface area contributed by atoms with Crippen molar-refractivity contribution < 1.29 is 8.78 Å². The third-order valence-electron chi connectivity index (χ3n) is 1.35. The van der Waals surface area contributed by atoms with E-state index in [0.717, 1.165) is 0 Å². The van der Waals surface area contributed by atoms with Crippen LogP contribution >= 0.6 is 12.6 Å². The molecule has 0 nitrogen and oxygen atoms in total. The molecule has 0 atom stereocenters. The van der Waals surface area contributed by atoms with Crippen molar-refractivity contribution in [3.05, 3.63) is 29.3 Å². The summed E-state index contributed by atoms with van der Waals surface area (Å²) in [5.41, 5.74) is 0.954. The quantitative estimate of drug-likeness (QED) is 0.655. The van der Waals surface area contributed by atoms with E-state index in [1.165, 1.54) is 6.07 Å². The van der Waals surface area contributed by atoms with Gasteiger partial charge in [0.1, 0.15) is 13.3 Å². The Morgan fingerprint density at radius 2 is 1.45 bits per heavy atom. The zero-order valence-electron chi connectivity index (χ0n) is 5.85. The fourth-order valence-electron chi connectivity index (χ4n) is 0.897. The minimum atomic E-state index is -0.568. The molecule has 0 aliphatic carbocycles. The van der Waals surface area contributed by atoms with Gasteiger partial charge in [0.15, 0.2) is 0 Å². The SMILES string of the molecule is FCc1cc(S)cc(CF)c1. The first-order valence-electron chi connectivity index (χ1n) is 3.20. The third-order valence-corrected chi connectivity index (χ3v) is 1.60. The zero-order chi connectivity index (χ0) is 8.27. The van der Waals surface area contributed by atoms with E-state index in [9.17, 15) is 8.78 Å². The van der Waals surface area contributed by atoms with Crippen LogP contribution in [0.2, 0.25) is 0 Å². The van der Waals surface area contributed by atoms with E-state index in [1.807, 2.05) is 0 Å². The highest BCUT2D eigenvalue weighted by Crippen LogP contribution is 2.15. The molecule has 0 aliphatic rings. The topological polar surface area (TPSA) is 0 Å². The maximum Gasteiger partial charge on any atom is 0.115 e. The van der Waals surface area contributed by atoms with Crippen molar-refractivity contribution in [2.75, 3.05) is 0 Å². The molecule has 11 heavy (non-hydrogen) atoms. The van der Waals surface area contributed by atoms with Crippen molar-refractivity contribution in [3.63, 3.8) is 0 Å². The molecule has 0 amide bonds. The molecule has 0 heterocycles. The van der Waals surface area contributed by atoms with Gasteiger partial charge >= 0.3 is 0 Å². The van der Waals surface area contributed by atoms with Gasteiger partial charge in [0.2, 0.25) is 0 Å². The molecule has 0 N–H and O–H groups in total. The van der Waals surface area contributed by atoms with E-state index in [-0.39, 0.29) is 0 Å². The van der Waals surface area contributed by atoms with Crippen LogP contribution in [0.25, 0.3) is 0 Å². The van der Waals surface area contributed by atoms with Crippen LogP contribution in [-0.2, 0) is 13.3 Å². The predicted octanol–water partition coefficient (Wildman–Crippen LogP) is 2.91. The van der Waals surface area contributed by atoms with Crippen LogP contribution in [0.3, 0.4) is 0 Å². The van der Waals surface area contributed by atoms with E-state index in [0.29, 0.717) is 16.0 Å². The lowest BCUT2D eigenvalue weighted by Gasteiger charge is -1.99. The molecule has 0 aliphatic heterocycles. The van der Waals surface area contributed by atoms with Crippen LogP contribution in [0.15, 0.2) is 23.1 Å². The Hall–Kier alpha value is -0.570. The monoisotopic (exact) mass is 174 g/mol. The van der Waals surface area contributed by atoms with Gasteiger partial charge < -0.3 is 0 Å². The van der Waals surface area contributed by atoms with Crippen molar-refractivity contribution in [2.24, 2.45) is 0 Å². The number of rotatable bonds is 2. The molecule has 60 valence electrons. The lowest BCUT2D eigenvalue weighted by Crippen LogP contribution is -1.84. The first kappa shape index (κ1) is 8.53. The van der Waals surface area contributed by atoms with Gasteiger partial charge in [0.05, 0.1) is 0 Å². The summed E-state index contributed by atoms with van der Waals surface area (Å²) < 4.78 is 24.1. The largest absolute Gasteiger partial charge is 0.246 e. The van der Waals surface area contributed by atoms with Crippen molar-refractivity contribution in [3.8, 4) is 0 Å². The first-order valence-corrected chi connectivity index (χ1v) is 3.64. The summed E-state index contributed by atoms with van der Waals surface area (Å²) in [6, 6.07) is 4.67. The van der Waals surface area contributed by atoms with Crippen LogP contribution in [0.4, 0.5) is 8.78 Å². The summed E-state index contributed by atoms with van der Waals surface area (Å²) in [5.74, 6) is 0. The summed E-state index contributed by atoms with van der Waals surface area (Å²) in [4.78, 5) is 0.604. The lowest BCUT2D eigenvalue weighted by atomic mass is 10.1. The third kappa shape index (κ3) is 2.19. The Kier molecular flexibility index (Phi) is 2.88. The zero-order valence-corrected chi connectivity index (χ0v) is 6.74. The summed E-state index contributed by atoms with van der Waals surface area (Å²) in [6.45, 7) is -1.14. The minimum Gasteiger partial charge on any atom is -0.246 e. The average molecular weight is 174 g/mol. The van der Waals surface area contributed by atoms with Crippen LogP contribution < -0.4 is 0 Å². The predicted molar refractivity (Wildman–Crippen MR) is 43.3 cm³/mol. The van der Waals surface area contributed by atoms with Crippen LogP contribution in [0, 0.1) is 0 Å². The van der Waals surface area contributed by atoms with Crippen molar-refractivity contribution in [2.45, 2.75) is 18.2 Å². The first-order chi connectivity index (χ1) is 5.26. The van der Waals surface area contributed by atoms with Crippen molar-refractivity contribution in [1.82, 2.24) is 0 Å². The van der Waals surface area contributed by atoms with Gasteiger partial charge in [-0.15, -0.1) is 12.6 Å². The second kappa shape index (κ2) is 3.72. The number of benzene rings is 1. The van der Waals surface area contributed by atoms with E-state index >= 15 is 0 Å². The van der Waals surface area contributed by atoms with Crippen LogP contribution in [0.1, 0.15) is 11.1 Å². The summed E-state index contributed by atoms with van der Waals surface area (Å²) >= 11 is 4.00. The molecule has 1 rings (SSSR count). The highest BCUT2D eigenvalue weighted by molar-refractivity contribution is 7.80. The molecule has 0 spiro atoms. The van der Waals surface area contributed by atoms with Gasteiger partial charge in [-0.1, -0.05) is 6.07 Å². The van der Waals surface area contributed by atoms with Crippen LogP contribution in [0.5, 0.6) is 0 Å². The number of hydrogen-bond donors (Lipinski definition) is 1. The second-order valence-electron chi connectivity index (χ2n) is 2.27. The van der Waals surface area contributed by atoms with Gasteiger partial charge in [0.25, 0.3) is 0 Å². The van der Waals surface area contributed by atoms with Gasteiger partial charge in [0, 0.05) is 4.90 Å². The molecule has 0 saturated heterocycles. The highest BCUT2D eigenvalue weighted by Gasteiger charge is 1.97. The maximum absolute atomic E-state index is 12.1. The Morgan fingerprint density at radius 3 is 1.82 bits per heavy atom. The van der Waals surface area contributed by atoms with E-state index < -0.39 is 13.3 Å². The van der Waals surface area contributed by atoms with E-state index in [2.05, 4.69) is 12.6 Å². The lowest BCUT2D eigenvalue weighted by molar-refractivity contribution is 0.474. The number of alkyl halides is 2. The summed E-state index contributed by atoms with van der Waals surface area (Å²) in [6.07, 6.45) is 0. The Labute approximate surface area is 69.6 Å². The standard InChI is InChI=1S/C8H8F2S/c9-4-6-1-7(5-10)3-8(11)2-6/h1-3,11H,4-5H2. The Balaban J connectivity index is 3.02. The van der Waals surface area contributed by atoms with Gasteiger partial charge in [-0.05, 0) is 23.3 Å². The molecule has 0 aromatic heterocycles. The second-order valence-corrected chi connectivity index (χ2v) is 2.79. The average Bonchev–Trinajstić information content (AvgIpc) is 2.03. The smallest absolute Gasteiger partial charge is 0.115 e. The maximum atomic E-state index is 12.1. The Morgan fingerprint density at radius 1 is 1.00 bits per heavy atom. The Bertz CT molecular complexity index is 226. The molecule has 3 heteroatoms. The van der Waals surface area contributed by atoms with Crippen molar-refractivity contribution in [1.29, 1.82) is 0 Å². The molecule has 1 aromatic carbocycles. The number of halogens is 2. The molecule has 0 unspecified atom stereocenters. The van der Waals surface area contributed by atoms with Gasteiger partial charge in [-0.25, -0.2) is 8.78 Å². The molecule has 0 fully saturated rings.